The zero-order valence-electron chi connectivity index (χ0n) is 11.7. The predicted molar refractivity (Wildman–Crippen MR) is 78.4 cm³/mol. The summed E-state index contributed by atoms with van der Waals surface area (Å²) in [5.74, 6) is 0.677. The highest BCUT2D eigenvalue weighted by atomic mass is 35.5. The molecule has 0 aliphatic carbocycles. The summed E-state index contributed by atoms with van der Waals surface area (Å²) in [7, 11) is 0. The molecule has 0 saturated heterocycles. The molecule has 4 heteroatoms. The van der Waals surface area contributed by atoms with Gasteiger partial charge in [0.2, 0.25) is 0 Å². The molecule has 100 valence electrons. The van der Waals surface area contributed by atoms with Crippen molar-refractivity contribution >= 4 is 11.6 Å². The molecule has 0 atom stereocenters. The van der Waals surface area contributed by atoms with Gasteiger partial charge >= 0.3 is 0 Å². The van der Waals surface area contributed by atoms with Crippen molar-refractivity contribution in [3.8, 4) is 11.4 Å². The Kier molecular flexibility index (Phi) is 3.85. The molecule has 0 amide bonds. The number of hydrogen-bond donors (Lipinski definition) is 0. The molecule has 2 heterocycles. The molecular formula is C15H18ClN3. The average Bonchev–Trinajstić information content (AvgIpc) is 2.37. The number of pyridine rings is 1. The lowest BCUT2D eigenvalue weighted by molar-refractivity contribution is 0.568. The lowest BCUT2D eigenvalue weighted by Gasteiger charge is -2.19. The van der Waals surface area contributed by atoms with Gasteiger partial charge in [-0.15, -0.1) is 0 Å². The third-order valence-corrected chi connectivity index (χ3v) is 3.18. The molecule has 0 aliphatic rings. The maximum Gasteiger partial charge on any atom is 0.161 e. The molecule has 0 aliphatic heterocycles. The van der Waals surface area contributed by atoms with Crippen molar-refractivity contribution < 1.29 is 0 Å². The number of aryl methyl sites for hydroxylation is 1. The van der Waals surface area contributed by atoms with Crippen molar-refractivity contribution in [1.82, 2.24) is 15.0 Å². The number of aromatic nitrogens is 3. The predicted octanol–water partition coefficient (Wildman–Crippen LogP) is 4.05. The smallest absolute Gasteiger partial charge is 0.161 e. The Labute approximate surface area is 119 Å². The van der Waals surface area contributed by atoms with Crippen molar-refractivity contribution in [3.05, 3.63) is 40.9 Å². The van der Waals surface area contributed by atoms with E-state index >= 15 is 0 Å². The third-order valence-electron chi connectivity index (χ3n) is 2.99. The number of nitrogens with zero attached hydrogens (tertiary/aromatic N) is 3. The molecule has 0 spiro atoms. The molecule has 2 aromatic rings. The van der Waals surface area contributed by atoms with Crippen LogP contribution in [-0.4, -0.2) is 15.0 Å². The molecule has 0 saturated carbocycles. The highest BCUT2D eigenvalue weighted by Crippen LogP contribution is 2.27. The van der Waals surface area contributed by atoms with E-state index in [0.717, 1.165) is 23.2 Å². The first-order valence-electron chi connectivity index (χ1n) is 6.40. The van der Waals surface area contributed by atoms with E-state index in [1.165, 1.54) is 0 Å². The average molecular weight is 276 g/mol. The van der Waals surface area contributed by atoms with Gasteiger partial charge in [0.1, 0.15) is 5.15 Å². The van der Waals surface area contributed by atoms with Crippen LogP contribution in [-0.2, 0) is 11.8 Å². The van der Waals surface area contributed by atoms with E-state index in [-0.39, 0.29) is 5.41 Å². The van der Waals surface area contributed by atoms with Crippen LogP contribution >= 0.6 is 11.6 Å². The van der Waals surface area contributed by atoms with Crippen LogP contribution in [0.3, 0.4) is 0 Å². The zero-order chi connectivity index (χ0) is 14.0. The lowest BCUT2D eigenvalue weighted by Crippen LogP contribution is -2.14. The summed E-state index contributed by atoms with van der Waals surface area (Å²) < 4.78 is 0. The molecule has 19 heavy (non-hydrogen) atoms. The van der Waals surface area contributed by atoms with Gasteiger partial charge in [0.05, 0.1) is 5.69 Å². The molecular weight excluding hydrogens is 258 g/mol. The van der Waals surface area contributed by atoms with Gasteiger partial charge in [0.25, 0.3) is 0 Å². The van der Waals surface area contributed by atoms with E-state index in [4.69, 9.17) is 11.6 Å². The molecule has 0 radical (unpaired) electrons. The molecule has 2 aromatic heterocycles. The fraction of sp³-hybridized carbons (Fsp3) is 0.400. The Bertz CT molecular complexity index is 588. The van der Waals surface area contributed by atoms with E-state index in [0.29, 0.717) is 11.0 Å². The van der Waals surface area contributed by atoms with Crippen LogP contribution in [0.2, 0.25) is 5.15 Å². The van der Waals surface area contributed by atoms with Gasteiger partial charge in [0.15, 0.2) is 5.82 Å². The lowest BCUT2D eigenvalue weighted by atomic mass is 9.92. The molecule has 0 bridgehead atoms. The highest BCUT2D eigenvalue weighted by molar-refractivity contribution is 6.29. The summed E-state index contributed by atoms with van der Waals surface area (Å²) in [6.45, 7) is 8.43. The van der Waals surface area contributed by atoms with Crippen LogP contribution in [0, 0.1) is 0 Å². The van der Waals surface area contributed by atoms with Crippen LogP contribution in [0.4, 0.5) is 0 Å². The zero-order valence-corrected chi connectivity index (χ0v) is 12.5. The van der Waals surface area contributed by atoms with E-state index in [9.17, 15) is 0 Å². The molecule has 0 fully saturated rings. The van der Waals surface area contributed by atoms with E-state index in [1.54, 1.807) is 6.20 Å². The van der Waals surface area contributed by atoms with Gasteiger partial charge in [-0.25, -0.2) is 9.97 Å². The van der Waals surface area contributed by atoms with Gasteiger partial charge in [-0.2, -0.15) is 0 Å². The van der Waals surface area contributed by atoms with Gasteiger partial charge in [-0.3, -0.25) is 4.98 Å². The summed E-state index contributed by atoms with van der Waals surface area (Å²) >= 11 is 6.13. The van der Waals surface area contributed by atoms with E-state index < -0.39 is 0 Å². The molecule has 2 rings (SSSR count). The minimum Gasteiger partial charge on any atom is -0.264 e. The topological polar surface area (TPSA) is 38.7 Å². The number of hydrogen-bond acceptors (Lipinski definition) is 3. The van der Waals surface area contributed by atoms with Crippen molar-refractivity contribution in [3.63, 3.8) is 0 Å². The number of rotatable bonds is 2. The highest BCUT2D eigenvalue weighted by Gasteiger charge is 2.18. The fourth-order valence-corrected chi connectivity index (χ4v) is 2.03. The molecule has 0 aromatic carbocycles. The second-order valence-electron chi connectivity index (χ2n) is 5.54. The molecule has 0 unspecified atom stereocenters. The maximum atomic E-state index is 6.13. The largest absolute Gasteiger partial charge is 0.264 e. The summed E-state index contributed by atoms with van der Waals surface area (Å²) in [6, 6.07) is 3.77. The number of halogens is 1. The quantitative estimate of drug-likeness (QED) is 0.776. The van der Waals surface area contributed by atoms with E-state index in [1.807, 2.05) is 18.3 Å². The van der Waals surface area contributed by atoms with Gasteiger partial charge in [-0.05, 0) is 24.1 Å². The van der Waals surface area contributed by atoms with Crippen molar-refractivity contribution in [2.45, 2.75) is 39.5 Å². The second-order valence-corrected chi connectivity index (χ2v) is 5.92. The summed E-state index contributed by atoms with van der Waals surface area (Å²) in [4.78, 5) is 13.2. The second kappa shape index (κ2) is 5.25. The summed E-state index contributed by atoms with van der Waals surface area (Å²) in [5, 5.41) is 0.480. The van der Waals surface area contributed by atoms with Crippen LogP contribution in [0.5, 0.6) is 0 Å². The monoisotopic (exact) mass is 275 g/mol. The Hall–Kier alpha value is -1.48. The maximum absolute atomic E-state index is 6.13. The Morgan fingerprint density at radius 2 is 1.95 bits per heavy atom. The van der Waals surface area contributed by atoms with Crippen molar-refractivity contribution in [2.24, 2.45) is 0 Å². The molecule has 3 nitrogen and oxygen atoms in total. The van der Waals surface area contributed by atoms with Crippen LogP contribution in [0.1, 0.15) is 39.0 Å². The van der Waals surface area contributed by atoms with Crippen LogP contribution < -0.4 is 0 Å². The van der Waals surface area contributed by atoms with E-state index in [2.05, 4.69) is 42.6 Å². The Morgan fingerprint density at radius 3 is 2.58 bits per heavy atom. The minimum absolute atomic E-state index is 0.0548. The Balaban J connectivity index is 2.60. The normalized spacial score (nSPS) is 11.6. The third kappa shape index (κ3) is 3.10. The Morgan fingerprint density at radius 1 is 1.21 bits per heavy atom. The first kappa shape index (κ1) is 13.9. The van der Waals surface area contributed by atoms with Gasteiger partial charge in [0, 0.05) is 23.4 Å². The standard InChI is InChI=1S/C15H18ClN3/c1-5-10-9-17-7-6-11(10)14-18-12(15(2,3)4)8-13(16)19-14/h6-9H,5H2,1-4H3. The van der Waals surface area contributed by atoms with Crippen LogP contribution in [0.15, 0.2) is 24.5 Å². The minimum atomic E-state index is -0.0548. The van der Waals surface area contributed by atoms with Gasteiger partial charge in [-0.1, -0.05) is 39.3 Å². The van der Waals surface area contributed by atoms with Crippen LogP contribution in [0.25, 0.3) is 11.4 Å². The van der Waals surface area contributed by atoms with Crippen molar-refractivity contribution in [1.29, 1.82) is 0 Å². The summed E-state index contributed by atoms with van der Waals surface area (Å²) in [5.41, 5.74) is 3.03. The first-order valence-corrected chi connectivity index (χ1v) is 6.78. The fourth-order valence-electron chi connectivity index (χ4n) is 1.85. The van der Waals surface area contributed by atoms with Crippen molar-refractivity contribution in [2.75, 3.05) is 0 Å². The first-order chi connectivity index (χ1) is 8.91. The SMILES string of the molecule is CCc1cnccc1-c1nc(Cl)cc(C(C)(C)C)n1. The summed E-state index contributed by atoms with van der Waals surface area (Å²) in [6.07, 6.45) is 4.51. The molecule has 0 N–H and O–H groups in total. The van der Waals surface area contributed by atoms with Gasteiger partial charge < -0.3 is 0 Å².